The first-order valence-electron chi connectivity index (χ1n) is 3.31. The van der Waals surface area contributed by atoms with Crippen LogP contribution in [0.3, 0.4) is 0 Å². The zero-order valence-electron chi connectivity index (χ0n) is 6.41. The van der Waals surface area contributed by atoms with E-state index in [9.17, 15) is 0 Å². The summed E-state index contributed by atoms with van der Waals surface area (Å²) in [4.78, 5) is 0. The van der Waals surface area contributed by atoms with Crippen molar-refractivity contribution in [3.63, 3.8) is 0 Å². The average Bonchev–Trinajstić information content (AvgIpc) is 1.59. The van der Waals surface area contributed by atoms with E-state index in [2.05, 4.69) is 33.9 Å². The lowest BCUT2D eigenvalue weighted by atomic mass is 10.0. The Morgan fingerprint density at radius 2 is 1.88 bits per heavy atom. The normalized spacial score (nSPS) is 11.9. The molecule has 0 aliphatic rings. The van der Waals surface area contributed by atoms with E-state index >= 15 is 0 Å². The van der Waals surface area contributed by atoms with Gasteiger partial charge in [0.1, 0.15) is 7.85 Å². The Labute approximate surface area is 53.3 Å². The molecule has 0 aliphatic carbocycles. The minimum Gasteiger partial charge on any atom is -0.313 e. The minimum atomic E-state index is 0.302. The van der Waals surface area contributed by atoms with Gasteiger partial charge in [-0.05, 0) is 27.3 Å². The van der Waals surface area contributed by atoms with Crippen LogP contribution in [0, 0.1) is 0 Å². The molecule has 0 saturated carbocycles. The lowest BCUT2D eigenvalue weighted by Crippen LogP contribution is -2.36. The van der Waals surface area contributed by atoms with E-state index in [1.807, 2.05) is 0 Å². The van der Waals surface area contributed by atoms with Crippen molar-refractivity contribution in [3.8, 4) is 0 Å². The molecule has 0 aromatic rings. The van der Waals surface area contributed by atoms with Crippen LogP contribution in [0.2, 0.25) is 6.32 Å². The molecule has 0 saturated heterocycles. The van der Waals surface area contributed by atoms with E-state index in [0.717, 1.165) is 6.54 Å². The summed E-state index contributed by atoms with van der Waals surface area (Å²) in [5.74, 6) is 0. The monoisotopic (exact) mass is 113 g/mol. The molecule has 0 bridgehead atoms. The van der Waals surface area contributed by atoms with Crippen molar-refractivity contribution in [2.45, 2.75) is 32.6 Å². The molecule has 0 aliphatic heterocycles. The van der Waals surface area contributed by atoms with Gasteiger partial charge in [0.05, 0.1) is 0 Å². The van der Waals surface area contributed by atoms with Crippen LogP contribution in [0.5, 0.6) is 0 Å². The maximum atomic E-state index is 3.37. The van der Waals surface area contributed by atoms with Gasteiger partial charge in [0.15, 0.2) is 0 Å². The van der Waals surface area contributed by atoms with Crippen LogP contribution >= 0.6 is 0 Å². The zero-order valence-corrected chi connectivity index (χ0v) is 6.41. The summed E-state index contributed by atoms with van der Waals surface area (Å²) in [6.45, 7) is 7.68. The van der Waals surface area contributed by atoms with Crippen LogP contribution in [-0.2, 0) is 0 Å². The molecule has 2 heteroatoms. The van der Waals surface area contributed by atoms with Crippen molar-refractivity contribution in [3.05, 3.63) is 0 Å². The third-order valence-corrected chi connectivity index (χ3v) is 0.905. The van der Waals surface area contributed by atoms with E-state index in [1.165, 1.54) is 6.32 Å². The smallest absolute Gasteiger partial charge is 0.102 e. The topological polar surface area (TPSA) is 12.0 Å². The van der Waals surface area contributed by atoms with Crippen molar-refractivity contribution in [1.29, 1.82) is 0 Å². The third kappa shape index (κ3) is 6.02. The van der Waals surface area contributed by atoms with Gasteiger partial charge in [0, 0.05) is 5.54 Å². The molecule has 0 fully saturated rings. The van der Waals surface area contributed by atoms with Crippen LogP contribution in [0.4, 0.5) is 0 Å². The fraction of sp³-hybridized carbons (Fsp3) is 1.00. The standard InChI is InChI=1S/C6H16BN/c1-6(2,3)8-5-4-7/h8H,4-5,7H2,1-3H3. The van der Waals surface area contributed by atoms with Crippen molar-refractivity contribution in [1.82, 2.24) is 5.32 Å². The van der Waals surface area contributed by atoms with Gasteiger partial charge in [-0.1, -0.05) is 6.32 Å². The summed E-state index contributed by atoms with van der Waals surface area (Å²) < 4.78 is 0. The van der Waals surface area contributed by atoms with Crippen LogP contribution in [0.15, 0.2) is 0 Å². The first-order valence-corrected chi connectivity index (χ1v) is 3.31. The largest absolute Gasteiger partial charge is 0.313 e. The molecule has 1 N–H and O–H groups in total. The molecular weight excluding hydrogens is 96.9 g/mol. The highest BCUT2D eigenvalue weighted by Gasteiger charge is 2.05. The molecule has 0 radical (unpaired) electrons. The minimum absolute atomic E-state index is 0.302. The quantitative estimate of drug-likeness (QED) is 0.512. The molecule has 1 nitrogen and oxygen atoms in total. The fourth-order valence-electron chi connectivity index (χ4n) is 0.500. The van der Waals surface area contributed by atoms with Gasteiger partial charge in [-0.15, -0.1) is 0 Å². The molecule has 0 heterocycles. The summed E-state index contributed by atoms with van der Waals surface area (Å²) >= 11 is 0. The van der Waals surface area contributed by atoms with Crippen molar-refractivity contribution in [2.75, 3.05) is 6.54 Å². The summed E-state index contributed by atoms with van der Waals surface area (Å²) in [6, 6.07) is 0. The van der Waals surface area contributed by atoms with Gasteiger partial charge < -0.3 is 5.32 Å². The van der Waals surface area contributed by atoms with Gasteiger partial charge >= 0.3 is 0 Å². The Kier molecular flexibility index (Phi) is 3.14. The third-order valence-electron chi connectivity index (χ3n) is 0.905. The predicted molar refractivity (Wildman–Crippen MR) is 41.1 cm³/mol. The molecule has 48 valence electrons. The lowest BCUT2D eigenvalue weighted by Gasteiger charge is -2.19. The second-order valence-corrected chi connectivity index (χ2v) is 3.18. The van der Waals surface area contributed by atoms with Gasteiger partial charge in [0.25, 0.3) is 0 Å². The first-order chi connectivity index (χ1) is 3.56. The maximum Gasteiger partial charge on any atom is 0.102 e. The van der Waals surface area contributed by atoms with Gasteiger partial charge in [-0.25, -0.2) is 0 Å². The summed E-state index contributed by atoms with van der Waals surface area (Å²) in [5.41, 5.74) is 0.302. The SMILES string of the molecule is BCCNC(C)(C)C. The predicted octanol–water partition coefficient (Wildman–Crippen LogP) is 0.426. The second kappa shape index (κ2) is 3.13. The summed E-state index contributed by atoms with van der Waals surface area (Å²) in [5, 5.41) is 3.37. The van der Waals surface area contributed by atoms with E-state index in [0.29, 0.717) is 5.54 Å². The Bertz CT molecular complexity index is 56.0. The second-order valence-electron chi connectivity index (χ2n) is 3.18. The molecule has 0 rings (SSSR count). The molecule has 8 heavy (non-hydrogen) atoms. The highest BCUT2D eigenvalue weighted by molar-refractivity contribution is 6.08. The molecule has 0 unspecified atom stereocenters. The van der Waals surface area contributed by atoms with Crippen LogP contribution in [-0.4, -0.2) is 19.9 Å². The van der Waals surface area contributed by atoms with Gasteiger partial charge in [-0.2, -0.15) is 0 Å². The van der Waals surface area contributed by atoms with Crippen LogP contribution < -0.4 is 5.32 Å². The van der Waals surface area contributed by atoms with Crippen molar-refractivity contribution >= 4 is 7.85 Å². The summed E-state index contributed by atoms with van der Waals surface area (Å²) in [6.07, 6.45) is 1.22. The molecule has 0 atom stereocenters. The maximum absolute atomic E-state index is 3.37. The molecule has 0 aromatic carbocycles. The number of rotatable bonds is 2. The van der Waals surface area contributed by atoms with Crippen molar-refractivity contribution < 1.29 is 0 Å². The van der Waals surface area contributed by atoms with Gasteiger partial charge in [-0.3, -0.25) is 0 Å². The van der Waals surface area contributed by atoms with Crippen LogP contribution in [0.1, 0.15) is 20.8 Å². The number of hydrogen-bond acceptors (Lipinski definition) is 1. The molecular formula is C6H16BN. The first kappa shape index (κ1) is 8.02. The number of nitrogens with one attached hydrogen (secondary N) is 1. The van der Waals surface area contributed by atoms with Gasteiger partial charge in [0.2, 0.25) is 0 Å². The number of hydrogen-bond donors (Lipinski definition) is 1. The Hall–Kier alpha value is 0.0249. The Balaban J connectivity index is 3.11. The fourth-order valence-corrected chi connectivity index (χ4v) is 0.500. The Morgan fingerprint density at radius 1 is 1.38 bits per heavy atom. The zero-order chi connectivity index (χ0) is 6.62. The van der Waals surface area contributed by atoms with Crippen LogP contribution in [0.25, 0.3) is 0 Å². The highest BCUT2D eigenvalue weighted by Crippen LogP contribution is 1.96. The Morgan fingerprint density at radius 3 is 2.00 bits per heavy atom. The highest BCUT2D eigenvalue weighted by atomic mass is 14.9. The molecule has 0 amide bonds. The molecule has 0 spiro atoms. The van der Waals surface area contributed by atoms with E-state index in [-0.39, 0.29) is 0 Å². The van der Waals surface area contributed by atoms with E-state index in [4.69, 9.17) is 0 Å². The average molecular weight is 113 g/mol. The van der Waals surface area contributed by atoms with E-state index in [1.54, 1.807) is 0 Å². The summed E-state index contributed by atoms with van der Waals surface area (Å²) in [7, 11) is 2.18. The lowest BCUT2D eigenvalue weighted by molar-refractivity contribution is 0.439. The van der Waals surface area contributed by atoms with Crippen molar-refractivity contribution in [2.24, 2.45) is 0 Å². The molecule has 0 aromatic heterocycles. The van der Waals surface area contributed by atoms with E-state index < -0.39 is 0 Å².